The minimum Gasteiger partial charge on any atom is -0.353 e. The molecule has 0 aliphatic carbocycles. The maximum atomic E-state index is 5.83. The van der Waals surface area contributed by atoms with Gasteiger partial charge in [-0.3, -0.25) is 4.98 Å². The molecule has 0 saturated carbocycles. The Labute approximate surface area is 214 Å². The molecule has 1 unspecified atom stereocenters. The summed E-state index contributed by atoms with van der Waals surface area (Å²) in [6, 6.07) is 8.74. The molecule has 2 aromatic heterocycles. The summed E-state index contributed by atoms with van der Waals surface area (Å²) in [7, 11) is 0. The molecule has 1 fully saturated rings. The summed E-state index contributed by atoms with van der Waals surface area (Å²) >= 11 is 0. The minimum absolute atomic E-state index is 0.0747. The molecular formula is C31H49N2O2+. The van der Waals surface area contributed by atoms with Crippen molar-refractivity contribution in [3.05, 3.63) is 60.2 Å². The topological polar surface area (TPSA) is 35.2 Å². The maximum Gasteiger partial charge on any atom is 0.171 e. The highest BCUT2D eigenvalue weighted by Gasteiger charge is 2.13. The van der Waals surface area contributed by atoms with Crippen LogP contribution < -0.4 is 4.57 Å². The third-order valence-corrected chi connectivity index (χ3v) is 7.08. The van der Waals surface area contributed by atoms with Crippen LogP contribution in [0.4, 0.5) is 0 Å². The van der Waals surface area contributed by atoms with Crippen molar-refractivity contribution in [2.45, 2.75) is 122 Å². The number of rotatable bonds is 19. The third-order valence-electron chi connectivity index (χ3n) is 7.08. The summed E-state index contributed by atoms with van der Waals surface area (Å²) in [6.45, 7) is 2.89. The van der Waals surface area contributed by atoms with Gasteiger partial charge in [-0.1, -0.05) is 51.0 Å². The van der Waals surface area contributed by atoms with Gasteiger partial charge in [0.1, 0.15) is 6.54 Å². The van der Waals surface area contributed by atoms with Crippen LogP contribution in [0, 0.1) is 0 Å². The quantitative estimate of drug-likeness (QED) is 0.155. The predicted octanol–water partition coefficient (Wildman–Crippen LogP) is 7.38. The average molecular weight is 482 g/mol. The lowest BCUT2D eigenvalue weighted by Crippen LogP contribution is -2.33. The van der Waals surface area contributed by atoms with Crippen LogP contribution in [0.25, 0.3) is 0 Å². The van der Waals surface area contributed by atoms with Gasteiger partial charge in [0.25, 0.3) is 0 Å². The Balaban J connectivity index is 1.12. The lowest BCUT2D eigenvalue weighted by molar-refractivity contribution is -0.697. The largest absolute Gasteiger partial charge is 0.353 e. The lowest BCUT2D eigenvalue weighted by atomic mass is 10.1. The van der Waals surface area contributed by atoms with Crippen molar-refractivity contribution in [3.8, 4) is 0 Å². The number of nitrogens with zero attached hydrogens (tertiary/aromatic N) is 2. The fraction of sp³-hybridized carbons (Fsp3) is 0.677. The van der Waals surface area contributed by atoms with Crippen LogP contribution in [-0.2, 0) is 28.9 Å². The summed E-state index contributed by atoms with van der Waals surface area (Å²) in [4.78, 5) is 4.20. The van der Waals surface area contributed by atoms with Crippen LogP contribution >= 0.6 is 0 Å². The number of unbranched alkanes of at least 4 members (excludes halogenated alkanes) is 10. The first-order valence-electron chi connectivity index (χ1n) is 14.5. The van der Waals surface area contributed by atoms with E-state index in [-0.39, 0.29) is 6.29 Å². The van der Waals surface area contributed by atoms with E-state index in [0.29, 0.717) is 0 Å². The first-order valence-corrected chi connectivity index (χ1v) is 14.5. The Morgan fingerprint density at radius 3 is 2.26 bits per heavy atom. The van der Waals surface area contributed by atoms with Crippen LogP contribution in [0.15, 0.2) is 49.1 Å². The summed E-state index contributed by atoms with van der Waals surface area (Å²) < 4.78 is 13.8. The van der Waals surface area contributed by atoms with Crippen molar-refractivity contribution < 1.29 is 14.0 Å². The maximum absolute atomic E-state index is 5.83. The number of hydrogen-bond acceptors (Lipinski definition) is 3. The molecule has 1 aliphatic heterocycles. The van der Waals surface area contributed by atoms with Crippen LogP contribution in [0.3, 0.4) is 0 Å². The van der Waals surface area contributed by atoms with Crippen molar-refractivity contribution in [2.75, 3.05) is 13.2 Å². The highest BCUT2D eigenvalue weighted by molar-refractivity contribution is 5.08. The standard InChI is InChI=1S/C31H49N2O2/c1(5-9-17-29-19-15-22-32-27-29)3-7-12-23-33-24-16-20-30(28-33)18-10-6-2-4-8-13-25-34-31-21-11-14-26-35-31/h15-16,19-20,22,24,27-28,31H,1-14,17-18,21,23,25-26H2/q+1. The predicted molar refractivity (Wildman–Crippen MR) is 143 cm³/mol. The molecule has 4 nitrogen and oxygen atoms in total. The van der Waals surface area contributed by atoms with Gasteiger partial charge in [0.15, 0.2) is 18.7 Å². The summed E-state index contributed by atoms with van der Waals surface area (Å²) in [5.41, 5.74) is 2.86. The zero-order valence-electron chi connectivity index (χ0n) is 22.0. The number of hydrogen-bond donors (Lipinski definition) is 0. The Bertz CT molecular complexity index is 762. The molecule has 0 aromatic carbocycles. The van der Waals surface area contributed by atoms with Gasteiger partial charge < -0.3 is 9.47 Å². The zero-order valence-corrected chi connectivity index (χ0v) is 22.0. The summed E-state index contributed by atoms with van der Waals surface area (Å²) in [6.07, 6.45) is 30.1. The van der Waals surface area contributed by atoms with Crippen molar-refractivity contribution >= 4 is 0 Å². The highest BCUT2D eigenvalue weighted by Crippen LogP contribution is 2.15. The van der Waals surface area contributed by atoms with Gasteiger partial charge >= 0.3 is 0 Å². The molecule has 1 saturated heterocycles. The minimum atomic E-state index is 0.0747. The molecule has 0 amide bonds. The van der Waals surface area contributed by atoms with E-state index in [2.05, 4.69) is 40.1 Å². The smallest absolute Gasteiger partial charge is 0.171 e. The van der Waals surface area contributed by atoms with Crippen molar-refractivity contribution in [2.24, 2.45) is 0 Å². The molecule has 1 atom stereocenters. The fourth-order valence-corrected chi connectivity index (χ4v) is 4.94. The van der Waals surface area contributed by atoms with E-state index >= 15 is 0 Å². The van der Waals surface area contributed by atoms with Crippen LogP contribution in [0.5, 0.6) is 0 Å². The van der Waals surface area contributed by atoms with Gasteiger partial charge in [0, 0.05) is 43.7 Å². The Morgan fingerprint density at radius 2 is 1.51 bits per heavy atom. The fourth-order valence-electron chi connectivity index (χ4n) is 4.94. The molecule has 3 heterocycles. The second kappa shape index (κ2) is 18.5. The molecule has 0 bridgehead atoms. The molecule has 3 rings (SSSR count). The Hall–Kier alpha value is -1.78. The molecule has 4 heteroatoms. The van der Waals surface area contributed by atoms with E-state index < -0.39 is 0 Å². The van der Waals surface area contributed by atoms with Crippen LogP contribution in [-0.4, -0.2) is 24.5 Å². The molecular weight excluding hydrogens is 432 g/mol. The van der Waals surface area contributed by atoms with Crippen LogP contribution in [0.2, 0.25) is 0 Å². The monoisotopic (exact) mass is 481 g/mol. The SMILES string of the molecule is c1cncc(CCCCCCCC[n+]2cccc(CCCCCCCCOC3CCCCO3)c2)c1. The molecule has 0 N–H and O–H groups in total. The van der Waals surface area contributed by atoms with E-state index in [1.807, 2.05) is 18.5 Å². The highest BCUT2D eigenvalue weighted by atomic mass is 16.7. The molecule has 35 heavy (non-hydrogen) atoms. The van der Waals surface area contributed by atoms with Crippen molar-refractivity contribution in [1.82, 2.24) is 4.98 Å². The summed E-state index contributed by atoms with van der Waals surface area (Å²) in [5, 5.41) is 0. The van der Waals surface area contributed by atoms with E-state index in [4.69, 9.17) is 9.47 Å². The van der Waals surface area contributed by atoms with Crippen molar-refractivity contribution in [1.29, 1.82) is 0 Å². The Morgan fingerprint density at radius 1 is 0.800 bits per heavy atom. The number of pyridine rings is 2. The first-order chi connectivity index (χ1) is 17.4. The van der Waals surface area contributed by atoms with Gasteiger partial charge in [-0.15, -0.1) is 0 Å². The molecule has 2 aromatic rings. The normalized spacial score (nSPS) is 15.9. The van der Waals surface area contributed by atoms with E-state index in [0.717, 1.165) is 26.2 Å². The van der Waals surface area contributed by atoms with E-state index in [1.165, 1.54) is 114 Å². The second-order valence-electron chi connectivity index (χ2n) is 10.2. The van der Waals surface area contributed by atoms with Gasteiger partial charge in [0.2, 0.25) is 0 Å². The first kappa shape index (κ1) is 27.8. The van der Waals surface area contributed by atoms with Crippen molar-refractivity contribution in [3.63, 3.8) is 0 Å². The zero-order chi connectivity index (χ0) is 24.2. The molecule has 194 valence electrons. The van der Waals surface area contributed by atoms with E-state index in [1.54, 1.807) is 0 Å². The lowest BCUT2D eigenvalue weighted by Gasteiger charge is -2.22. The van der Waals surface area contributed by atoms with Crippen LogP contribution in [0.1, 0.15) is 107 Å². The third kappa shape index (κ3) is 13.2. The second-order valence-corrected chi connectivity index (χ2v) is 10.2. The Kier molecular flexibility index (Phi) is 14.7. The number of aromatic nitrogens is 2. The van der Waals surface area contributed by atoms with Gasteiger partial charge in [-0.25, -0.2) is 4.57 Å². The van der Waals surface area contributed by atoms with Gasteiger partial charge in [-0.2, -0.15) is 0 Å². The van der Waals surface area contributed by atoms with E-state index in [9.17, 15) is 0 Å². The summed E-state index contributed by atoms with van der Waals surface area (Å²) in [5.74, 6) is 0. The molecule has 1 aliphatic rings. The molecule has 0 radical (unpaired) electrons. The number of aryl methyl sites for hydroxylation is 3. The number of ether oxygens (including phenoxy) is 2. The van der Waals surface area contributed by atoms with Gasteiger partial charge in [0.05, 0.1) is 0 Å². The van der Waals surface area contributed by atoms with Gasteiger partial charge in [-0.05, 0) is 75.5 Å². The average Bonchev–Trinajstić information content (AvgIpc) is 2.90. The molecule has 0 spiro atoms.